The summed E-state index contributed by atoms with van der Waals surface area (Å²) in [5.41, 5.74) is -1.11. The molecule has 0 saturated heterocycles. The molecule has 0 aromatic rings. The molecule has 0 aliphatic carbocycles. The maximum absolute atomic E-state index is 12.2. The lowest BCUT2D eigenvalue weighted by Gasteiger charge is -2.32. The van der Waals surface area contributed by atoms with Gasteiger partial charge < -0.3 is 39.7 Å². The number of carbonyl (C=O) groups excluding carboxylic acids is 3. The van der Waals surface area contributed by atoms with Gasteiger partial charge in [-0.2, -0.15) is 0 Å². The molecule has 0 aromatic heterocycles. The summed E-state index contributed by atoms with van der Waals surface area (Å²) in [5, 5.41) is 51.2. The van der Waals surface area contributed by atoms with Crippen molar-refractivity contribution in [2.24, 2.45) is 11.8 Å². The molecule has 0 spiro atoms. The topological polar surface area (TPSA) is 180 Å². The first kappa shape index (κ1) is 46.6. The van der Waals surface area contributed by atoms with Gasteiger partial charge in [0.2, 0.25) is 0 Å². The molecule has 2 rings (SSSR count). The lowest BCUT2D eigenvalue weighted by molar-refractivity contribution is -0.157. The number of hydrogen-bond acceptors (Lipinski definition) is 11. The monoisotopic (exact) mass is 706 g/mol. The standard InChI is InChI=1S/C20H30O6.C18H28O5.CH4/c1-6-7-13(2)19-14(3)8-9-17(25-15(4)21)20(5,24)11-10-16(22)12-18(23)26-19;1-5-6-12(2)17-13(3)7-8-15(20)18(4,22)10-9-14(19)11-16(21)23-17;/h6-9,14,16-17,19,22,24H,1,10-12H2,2-5H3;5-8,13-15,17,19-20,22H,1,9-11H2,2-4H3;1H4/b9-8+,13-7+;8-7+,12-6+;/t14-,16+,17-,19+,20+;13-,14+,15-,17+,18+;/m00./s1. The Morgan fingerprint density at radius 3 is 1.58 bits per heavy atom. The molecule has 0 saturated carbocycles. The number of aliphatic hydroxyl groups excluding tert-OH is 3. The molecule has 284 valence electrons. The van der Waals surface area contributed by atoms with E-state index in [1.165, 1.54) is 19.9 Å². The molecule has 10 atom stereocenters. The molecule has 0 bridgehead atoms. The number of cyclic esters (lactones) is 2. The van der Waals surface area contributed by atoms with E-state index in [4.69, 9.17) is 14.2 Å². The third kappa shape index (κ3) is 16.1. The third-order valence-electron chi connectivity index (χ3n) is 8.63. The molecule has 2 aliphatic heterocycles. The molecule has 11 heteroatoms. The van der Waals surface area contributed by atoms with Crippen LogP contribution < -0.4 is 0 Å². The minimum Gasteiger partial charge on any atom is -0.457 e. The van der Waals surface area contributed by atoms with Crippen LogP contribution in [0.15, 0.2) is 72.9 Å². The van der Waals surface area contributed by atoms with E-state index in [1.807, 2.05) is 27.7 Å². The van der Waals surface area contributed by atoms with Crippen LogP contribution in [0.3, 0.4) is 0 Å². The van der Waals surface area contributed by atoms with Gasteiger partial charge in [-0.05, 0) is 70.6 Å². The van der Waals surface area contributed by atoms with E-state index in [0.29, 0.717) is 0 Å². The molecule has 50 heavy (non-hydrogen) atoms. The lowest BCUT2D eigenvalue weighted by Crippen LogP contribution is -2.42. The fraction of sp³-hybridized carbons (Fsp3) is 0.615. The first-order valence-electron chi connectivity index (χ1n) is 16.7. The molecule has 5 N–H and O–H groups in total. The van der Waals surface area contributed by atoms with Crippen molar-refractivity contribution in [1.29, 1.82) is 0 Å². The summed E-state index contributed by atoms with van der Waals surface area (Å²) < 4.78 is 16.3. The second kappa shape index (κ2) is 21.8. The number of allylic oxidation sites excluding steroid dienone is 4. The molecule has 0 amide bonds. The number of rotatable bonds is 5. The predicted octanol–water partition coefficient (Wildman–Crippen LogP) is 4.97. The maximum atomic E-state index is 12.2. The van der Waals surface area contributed by atoms with E-state index in [0.717, 1.165) is 11.1 Å². The average molecular weight is 707 g/mol. The zero-order valence-corrected chi connectivity index (χ0v) is 30.1. The highest BCUT2D eigenvalue weighted by Crippen LogP contribution is 2.28. The van der Waals surface area contributed by atoms with Gasteiger partial charge in [0.1, 0.15) is 30.0 Å². The number of ether oxygens (including phenoxy) is 3. The van der Waals surface area contributed by atoms with Crippen molar-refractivity contribution in [3.8, 4) is 0 Å². The molecule has 11 nitrogen and oxygen atoms in total. The SMILES string of the molecule is C.C=C/C=C(\C)[C@H]1OC(=O)C[C@H](O)CC[C@@](C)(O)[C@@H](O)/C=C/[C@@H]1C.C=C/C=C(\C)[C@H]1OC(=O)C[C@H](O)CC[C@@](C)(O)[C@@H](OC(C)=O)/C=C/[C@@H]1C. The van der Waals surface area contributed by atoms with Crippen LogP contribution in [0.25, 0.3) is 0 Å². The number of hydrogen-bond donors (Lipinski definition) is 5. The van der Waals surface area contributed by atoms with E-state index in [9.17, 15) is 39.9 Å². The van der Waals surface area contributed by atoms with E-state index in [1.54, 1.807) is 49.5 Å². The second-order valence-corrected chi connectivity index (χ2v) is 13.6. The van der Waals surface area contributed by atoms with E-state index >= 15 is 0 Å². The summed E-state index contributed by atoms with van der Waals surface area (Å²) in [4.78, 5) is 35.6. The molecule has 0 fully saturated rings. The van der Waals surface area contributed by atoms with Crippen molar-refractivity contribution >= 4 is 17.9 Å². The van der Waals surface area contributed by atoms with Crippen LogP contribution in [0.2, 0.25) is 0 Å². The highest BCUT2D eigenvalue weighted by atomic mass is 16.6. The number of carbonyl (C=O) groups is 3. The zero-order valence-electron chi connectivity index (χ0n) is 30.1. The van der Waals surface area contributed by atoms with Crippen molar-refractivity contribution in [2.75, 3.05) is 0 Å². The molecule has 0 aromatic carbocycles. The van der Waals surface area contributed by atoms with Crippen LogP contribution in [0, 0.1) is 11.8 Å². The van der Waals surface area contributed by atoms with Crippen LogP contribution in [-0.2, 0) is 28.6 Å². The van der Waals surface area contributed by atoms with Crippen molar-refractivity contribution < 1.29 is 54.1 Å². The van der Waals surface area contributed by atoms with E-state index in [2.05, 4.69) is 13.2 Å². The second-order valence-electron chi connectivity index (χ2n) is 13.6. The Labute approximate surface area is 298 Å². The van der Waals surface area contributed by atoms with Crippen molar-refractivity contribution in [2.45, 2.75) is 142 Å². The summed E-state index contributed by atoms with van der Waals surface area (Å²) in [5.74, 6) is -1.93. The molecule has 0 unspecified atom stereocenters. The van der Waals surface area contributed by atoms with Crippen LogP contribution in [0.1, 0.15) is 94.4 Å². The molecule has 2 aliphatic rings. The van der Waals surface area contributed by atoms with Gasteiger partial charge in [-0.3, -0.25) is 14.4 Å². The highest BCUT2D eigenvalue weighted by molar-refractivity contribution is 5.71. The van der Waals surface area contributed by atoms with Gasteiger partial charge in [0.15, 0.2) is 0 Å². The summed E-state index contributed by atoms with van der Waals surface area (Å²) in [7, 11) is 0. The highest BCUT2D eigenvalue weighted by Gasteiger charge is 2.35. The fourth-order valence-electron chi connectivity index (χ4n) is 5.49. The van der Waals surface area contributed by atoms with Gasteiger partial charge in [0.05, 0.1) is 30.7 Å². The van der Waals surface area contributed by atoms with Gasteiger partial charge in [-0.1, -0.05) is 77.0 Å². The Balaban J connectivity index is 0.000000948. The van der Waals surface area contributed by atoms with Crippen molar-refractivity contribution in [3.63, 3.8) is 0 Å². The van der Waals surface area contributed by atoms with Crippen LogP contribution >= 0.6 is 0 Å². The zero-order chi connectivity index (χ0) is 37.5. The normalized spacial score (nSPS) is 36.3. The Hall–Kier alpha value is -3.35. The van der Waals surface area contributed by atoms with E-state index < -0.39 is 65.7 Å². The third-order valence-corrected chi connectivity index (χ3v) is 8.63. The Bertz CT molecular complexity index is 1240. The van der Waals surface area contributed by atoms with Crippen LogP contribution in [-0.4, -0.2) is 91.3 Å². The van der Waals surface area contributed by atoms with Crippen molar-refractivity contribution in [1.82, 2.24) is 0 Å². The van der Waals surface area contributed by atoms with Gasteiger partial charge in [0, 0.05) is 18.8 Å². The summed E-state index contributed by atoms with van der Waals surface area (Å²) >= 11 is 0. The van der Waals surface area contributed by atoms with Crippen LogP contribution in [0.4, 0.5) is 0 Å². The molecule has 0 radical (unpaired) electrons. The average Bonchev–Trinajstić information content (AvgIpc) is 3.00. The van der Waals surface area contributed by atoms with Gasteiger partial charge >= 0.3 is 17.9 Å². The number of aliphatic hydroxyl groups is 5. The van der Waals surface area contributed by atoms with E-state index in [-0.39, 0.29) is 57.8 Å². The Kier molecular flexibility index (Phi) is 20.3. The van der Waals surface area contributed by atoms with Gasteiger partial charge in [-0.25, -0.2) is 0 Å². The van der Waals surface area contributed by atoms with Crippen LogP contribution in [0.5, 0.6) is 0 Å². The predicted molar refractivity (Wildman–Crippen MR) is 194 cm³/mol. The maximum Gasteiger partial charge on any atom is 0.309 e. The fourth-order valence-corrected chi connectivity index (χ4v) is 5.49. The first-order chi connectivity index (χ1) is 22.7. The van der Waals surface area contributed by atoms with Gasteiger partial charge in [-0.15, -0.1) is 0 Å². The first-order valence-corrected chi connectivity index (χ1v) is 16.7. The summed E-state index contributed by atoms with van der Waals surface area (Å²) in [6, 6.07) is 0. The number of esters is 3. The smallest absolute Gasteiger partial charge is 0.309 e. The molecular weight excluding hydrogens is 644 g/mol. The largest absolute Gasteiger partial charge is 0.457 e. The molecular formula is C39H62O11. The van der Waals surface area contributed by atoms with Gasteiger partial charge in [0.25, 0.3) is 0 Å². The Morgan fingerprint density at radius 1 is 0.780 bits per heavy atom. The summed E-state index contributed by atoms with van der Waals surface area (Å²) in [6.45, 7) is 19.0. The van der Waals surface area contributed by atoms with Crippen molar-refractivity contribution in [3.05, 3.63) is 72.9 Å². The molecule has 2 heterocycles. The quantitative estimate of drug-likeness (QED) is 0.113. The summed E-state index contributed by atoms with van der Waals surface area (Å²) in [6.07, 6.45) is 8.93. The minimum atomic E-state index is -1.37. The Morgan fingerprint density at radius 2 is 1.18 bits per heavy atom. The lowest BCUT2D eigenvalue weighted by atomic mass is 9.89. The minimum absolute atomic E-state index is 0.